The van der Waals surface area contributed by atoms with Gasteiger partial charge >= 0.3 is 0 Å². The molecule has 1 aromatic carbocycles. The maximum Gasteiger partial charge on any atom is 0.245 e. The van der Waals surface area contributed by atoms with Gasteiger partial charge in [-0.05, 0) is 18.2 Å². The molecule has 0 atom stereocenters. The molecule has 4 nitrogen and oxygen atoms in total. The molecule has 0 bridgehead atoms. The van der Waals surface area contributed by atoms with Crippen LogP contribution in [-0.2, 0) is 10.0 Å². The zero-order valence-corrected chi connectivity index (χ0v) is 10.6. The molecule has 0 aromatic heterocycles. The van der Waals surface area contributed by atoms with Crippen LogP contribution in [0.4, 0.5) is 4.39 Å². The Labute approximate surface area is 104 Å². The standard InChI is InChI=1S/C10H10ClFN2O2S/c1-2-14(6-5-13)17(15,16)10-7-8(12)3-4-9(10)11/h3-4,7H,2,6H2,1H3. The van der Waals surface area contributed by atoms with Crippen LogP contribution in [0.3, 0.4) is 0 Å². The van der Waals surface area contributed by atoms with E-state index in [0.29, 0.717) is 0 Å². The summed E-state index contributed by atoms with van der Waals surface area (Å²) in [5.74, 6) is -0.694. The molecule has 0 N–H and O–H groups in total. The third-order valence-corrected chi connectivity index (χ3v) is 4.51. The summed E-state index contributed by atoms with van der Waals surface area (Å²) < 4.78 is 38.0. The van der Waals surface area contributed by atoms with Gasteiger partial charge in [-0.1, -0.05) is 18.5 Å². The second-order valence-electron chi connectivity index (χ2n) is 3.16. The van der Waals surface area contributed by atoms with E-state index in [4.69, 9.17) is 16.9 Å². The number of hydrogen-bond donors (Lipinski definition) is 0. The molecule has 0 aliphatic rings. The van der Waals surface area contributed by atoms with Gasteiger partial charge in [0.2, 0.25) is 10.0 Å². The minimum absolute atomic E-state index is 0.0669. The molecule has 0 aliphatic heterocycles. The molecule has 0 radical (unpaired) electrons. The Bertz CT molecular complexity index is 554. The van der Waals surface area contributed by atoms with Crippen LogP contribution in [0.2, 0.25) is 5.02 Å². The highest BCUT2D eigenvalue weighted by atomic mass is 35.5. The Morgan fingerprint density at radius 3 is 2.71 bits per heavy atom. The summed E-state index contributed by atoms with van der Waals surface area (Å²) in [5, 5.41) is 8.47. The summed E-state index contributed by atoms with van der Waals surface area (Å²) in [6.45, 7) is 1.40. The third kappa shape index (κ3) is 2.94. The van der Waals surface area contributed by atoms with Crippen molar-refractivity contribution < 1.29 is 12.8 Å². The molecule has 1 aromatic rings. The molecule has 0 aliphatic carbocycles. The number of benzene rings is 1. The Morgan fingerprint density at radius 2 is 2.18 bits per heavy atom. The van der Waals surface area contributed by atoms with Gasteiger partial charge in [-0.2, -0.15) is 9.57 Å². The molecule has 0 spiro atoms. The molecule has 0 saturated heterocycles. The van der Waals surface area contributed by atoms with Crippen LogP contribution < -0.4 is 0 Å². The van der Waals surface area contributed by atoms with E-state index in [0.717, 1.165) is 16.4 Å². The third-order valence-electron chi connectivity index (χ3n) is 2.11. The van der Waals surface area contributed by atoms with Gasteiger partial charge in [-0.25, -0.2) is 12.8 Å². The zero-order chi connectivity index (χ0) is 13.1. The van der Waals surface area contributed by atoms with Crippen molar-refractivity contribution in [3.63, 3.8) is 0 Å². The van der Waals surface area contributed by atoms with Crippen LogP contribution in [0.25, 0.3) is 0 Å². The van der Waals surface area contributed by atoms with Crippen molar-refractivity contribution >= 4 is 21.6 Å². The lowest BCUT2D eigenvalue weighted by Gasteiger charge is -2.17. The minimum atomic E-state index is -3.93. The SMILES string of the molecule is CCN(CC#N)S(=O)(=O)c1cc(F)ccc1Cl. The maximum atomic E-state index is 13.0. The van der Waals surface area contributed by atoms with E-state index in [2.05, 4.69) is 0 Å². The van der Waals surface area contributed by atoms with E-state index >= 15 is 0 Å². The first-order valence-electron chi connectivity index (χ1n) is 4.75. The van der Waals surface area contributed by atoms with Gasteiger partial charge in [0.05, 0.1) is 11.1 Å². The van der Waals surface area contributed by atoms with E-state index in [1.165, 1.54) is 6.07 Å². The van der Waals surface area contributed by atoms with Gasteiger partial charge in [0.1, 0.15) is 17.3 Å². The Hall–Kier alpha value is -1.16. The summed E-state index contributed by atoms with van der Waals surface area (Å²) in [4.78, 5) is -0.323. The average molecular weight is 277 g/mol. The fraction of sp³-hybridized carbons (Fsp3) is 0.300. The molecule has 0 heterocycles. The van der Waals surface area contributed by atoms with Gasteiger partial charge in [-0.3, -0.25) is 0 Å². The van der Waals surface area contributed by atoms with Crippen LogP contribution in [0.1, 0.15) is 6.92 Å². The lowest BCUT2D eigenvalue weighted by Crippen LogP contribution is -2.31. The van der Waals surface area contributed by atoms with E-state index in [-0.39, 0.29) is 23.0 Å². The number of hydrogen-bond acceptors (Lipinski definition) is 3. The van der Waals surface area contributed by atoms with Gasteiger partial charge in [0.15, 0.2) is 0 Å². The monoisotopic (exact) mass is 276 g/mol. The van der Waals surface area contributed by atoms with E-state index in [9.17, 15) is 12.8 Å². The van der Waals surface area contributed by atoms with Crippen LogP contribution in [0, 0.1) is 17.1 Å². The first-order chi connectivity index (χ1) is 7.93. The molecule has 1 rings (SSSR count). The summed E-state index contributed by atoms with van der Waals surface area (Å²) in [6.07, 6.45) is 0. The van der Waals surface area contributed by atoms with Crippen molar-refractivity contribution in [2.45, 2.75) is 11.8 Å². The molecular formula is C10H10ClFN2O2S. The van der Waals surface area contributed by atoms with Crippen LogP contribution in [-0.4, -0.2) is 25.8 Å². The number of halogens is 2. The number of sulfonamides is 1. The molecule has 0 fully saturated rings. The Kier molecular flexibility index (Phi) is 4.46. The molecule has 17 heavy (non-hydrogen) atoms. The summed E-state index contributed by atoms with van der Waals surface area (Å²) >= 11 is 5.73. The topological polar surface area (TPSA) is 61.2 Å². The maximum absolute atomic E-state index is 13.0. The van der Waals surface area contributed by atoms with Gasteiger partial charge < -0.3 is 0 Å². The zero-order valence-electron chi connectivity index (χ0n) is 9.02. The van der Waals surface area contributed by atoms with Crippen LogP contribution >= 0.6 is 11.6 Å². The fourth-order valence-electron chi connectivity index (χ4n) is 1.26. The quantitative estimate of drug-likeness (QED) is 0.791. The van der Waals surface area contributed by atoms with Gasteiger partial charge in [-0.15, -0.1) is 0 Å². The fourth-order valence-corrected chi connectivity index (χ4v) is 3.09. The Morgan fingerprint density at radius 1 is 1.53 bits per heavy atom. The largest absolute Gasteiger partial charge is 0.245 e. The summed E-state index contributed by atoms with van der Waals surface area (Å²) in [6, 6.07) is 4.83. The lowest BCUT2D eigenvalue weighted by molar-refractivity contribution is 0.462. The number of nitriles is 1. The first kappa shape index (κ1) is 13.9. The summed E-state index contributed by atoms with van der Waals surface area (Å²) in [5.41, 5.74) is 0. The van der Waals surface area contributed by atoms with Crippen molar-refractivity contribution in [1.82, 2.24) is 4.31 Å². The lowest BCUT2D eigenvalue weighted by atomic mass is 10.3. The number of nitrogens with zero attached hydrogens (tertiary/aromatic N) is 2. The van der Waals surface area contributed by atoms with Crippen molar-refractivity contribution in [2.75, 3.05) is 13.1 Å². The molecular weight excluding hydrogens is 267 g/mol. The van der Waals surface area contributed by atoms with E-state index in [1.54, 1.807) is 13.0 Å². The van der Waals surface area contributed by atoms with Crippen LogP contribution in [0.15, 0.2) is 23.1 Å². The predicted octanol–water partition coefficient (Wildman–Crippen LogP) is 2.01. The molecule has 0 amide bonds. The van der Waals surface area contributed by atoms with Crippen LogP contribution in [0.5, 0.6) is 0 Å². The second kappa shape index (κ2) is 5.45. The smallest absolute Gasteiger partial charge is 0.207 e. The molecule has 0 saturated carbocycles. The molecule has 7 heteroatoms. The highest BCUT2D eigenvalue weighted by molar-refractivity contribution is 7.89. The normalized spacial score (nSPS) is 11.5. The highest BCUT2D eigenvalue weighted by Crippen LogP contribution is 2.25. The number of rotatable bonds is 4. The van der Waals surface area contributed by atoms with Crippen molar-refractivity contribution in [2.24, 2.45) is 0 Å². The predicted molar refractivity (Wildman–Crippen MR) is 61.5 cm³/mol. The molecule has 92 valence electrons. The van der Waals surface area contributed by atoms with E-state index < -0.39 is 15.8 Å². The Balaban J connectivity index is 3.30. The van der Waals surface area contributed by atoms with Crippen molar-refractivity contribution in [1.29, 1.82) is 5.26 Å². The second-order valence-corrected chi connectivity index (χ2v) is 5.48. The van der Waals surface area contributed by atoms with Crippen molar-refractivity contribution in [3.05, 3.63) is 29.0 Å². The van der Waals surface area contributed by atoms with E-state index in [1.807, 2.05) is 0 Å². The average Bonchev–Trinajstić information content (AvgIpc) is 2.28. The minimum Gasteiger partial charge on any atom is -0.207 e. The van der Waals surface area contributed by atoms with Gasteiger partial charge in [0.25, 0.3) is 0 Å². The first-order valence-corrected chi connectivity index (χ1v) is 6.57. The van der Waals surface area contributed by atoms with Gasteiger partial charge in [0, 0.05) is 6.54 Å². The van der Waals surface area contributed by atoms with Crippen molar-refractivity contribution in [3.8, 4) is 6.07 Å². The molecule has 0 unspecified atom stereocenters. The summed E-state index contributed by atoms with van der Waals surface area (Å²) in [7, 11) is -3.93. The highest BCUT2D eigenvalue weighted by Gasteiger charge is 2.25.